The molecule has 0 unspecified atom stereocenters. The molecule has 0 saturated heterocycles. The fourth-order valence-corrected chi connectivity index (χ4v) is 1.14. The SMILES string of the molecule is CCCCCC(=O)SNC(N)=O. The minimum atomic E-state index is -0.677. The first-order valence-corrected chi connectivity index (χ1v) is 4.73. The number of rotatable bonds is 4. The van der Waals surface area contributed by atoms with Crippen LogP contribution in [0.4, 0.5) is 4.79 Å². The van der Waals surface area contributed by atoms with Gasteiger partial charge in [0.05, 0.1) is 0 Å². The van der Waals surface area contributed by atoms with Crippen molar-refractivity contribution >= 4 is 23.1 Å². The van der Waals surface area contributed by atoms with Crippen LogP contribution in [0.1, 0.15) is 32.6 Å². The van der Waals surface area contributed by atoms with E-state index in [0.29, 0.717) is 6.42 Å². The molecule has 0 bridgehead atoms. The van der Waals surface area contributed by atoms with Gasteiger partial charge in [0.25, 0.3) is 0 Å². The number of nitrogens with two attached hydrogens (primary N) is 1. The lowest BCUT2D eigenvalue weighted by Crippen LogP contribution is -2.24. The third kappa shape index (κ3) is 7.40. The molecule has 3 N–H and O–H groups in total. The summed E-state index contributed by atoms with van der Waals surface area (Å²) in [6.07, 6.45) is 3.51. The van der Waals surface area contributed by atoms with Gasteiger partial charge in [-0.05, 0) is 6.42 Å². The van der Waals surface area contributed by atoms with Crippen molar-refractivity contribution in [1.82, 2.24) is 4.72 Å². The first-order chi connectivity index (χ1) is 5.66. The molecule has 0 radical (unpaired) electrons. The first-order valence-electron chi connectivity index (χ1n) is 3.92. The summed E-state index contributed by atoms with van der Waals surface area (Å²) in [6, 6.07) is -0.677. The highest BCUT2D eigenvalue weighted by Gasteiger charge is 2.02. The third-order valence-corrected chi connectivity index (χ3v) is 1.98. The van der Waals surface area contributed by atoms with E-state index < -0.39 is 6.03 Å². The number of urea groups is 1. The van der Waals surface area contributed by atoms with Gasteiger partial charge in [0.15, 0.2) is 0 Å². The predicted octanol–water partition coefficient (Wildman–Crippen LogP) is 1.41. The number of amides is 2. The van der Waals surface area contributed by atoms with E-state index in [0.717, 1.165) is 31.2 Å². The molecule has 0 aromatic heterocycles. The predicted molar refractivity (Wildman–Crippen MR) is 49.5 cm³/mol. The number of primary amides is 1. The van der Waals surface area contributed by atoms with Crippen LogP contribution in [-0.4, -0.2) is 11.1 Å². The molecule has 0 aliphatic carbocycles. The topological polar surface area (TPSA) is 72.2 Å². The quantitative estimate of drug-likeness (QED) is 0.520. The molecule has 0 aliphatic heterocycles. The van der Waals surface area contributed by atoms with Crippen LogP contribution in [0.2, 0.25) is 0 Å². The molecule has 0 aromatic carbocycles. The standard InChI is InChI=1S/C7H14N2O2S/c1-2-3-4-5-6(10)12-9-7(8)11/h2-5H2,1H3,(H3,8,9,11). The lowest BCUT2D eigenvalue weighted by atomic mass is 10.2. The van der Waals surface area contributed by atoms with Crippen LogP contribution < -0.4 is 10.5 Å². The Kier molecular flexibility index (Phi) is 6.55. The second kappa shape index (κ2) is 6.97. The van der Waals surface area contributed by atoms with Gasteiger partial charge in [-0.1, -0.05) is 19.8 Å². The van der Waals surface area contributed by atoms with Crippen LogP contribution >= 0.6 is 11.9 Å². The molecule has 0 rings (SSSR count). The number of carbonyl (C=O) groups is 2. The summed E-state index contributed by atoms with van der Waals surface area (Å²) in [6.45, 7) is 2.07. The van der Waals surface area contributed by atoms with Crippen LogP contribution in [-0.2, 0) is 4.79 Å². The van der Waals surface area contributed by atoms with Gasteiger partial charge in [0.2, 0.25) is 5.12 Å². The highest BCUT2D eigenvalue weighted by Crippen LogP contribution is 2.06. The third-order valence-electron chi connectivity index (χ3n) is 1.25. The Morgan fingerprint density at radius 3 is 2.58 bits per heavy atom. The Morgan fingerprint density at radius 1 is 1.42 bits per heavy atom. The summed E-state index contributed by atoms with van der Waals surface area (Å²) >= 11 is 0.772. The molecule has 0 saturated carbocycles. The van der Waals surface area contributed by atoms with Gasteiger partial charge in [-0.3, -0.25) is 9.52 Å². The Balaban J connectivity index is 3.28. The molecule has 0 aliphatic rings. The fourth-order valence-electron chi connectivity index (χ4n) is 0.678. The molecule has 0 atom stereocenters. The minimum absolute atomic E-state index is 0.0396. The number of hydrogen-bond acceptors (Lipinski definition) is 3. The van der Waals surface area contributed by atoms with Gasteiger partial charge in [-0.25, -0.2) is 4.79 Å². The fraction of sp³-hybridized carbons (Fsp3) is 0.714. The number of carbonyl (C=O) groups excluding carboxylic acids is 2. The van der Waals surface area contributed by atoms with Crippen LogP contribution in [0, 0.1) is 0 Å². The summed E-state index contributed by atoms with van der Waals surface area (Å²) in [4.78, 5) is 21.1. The molecule has 5 heteroatoms. The van der Waals surface area contributed by atoms with Crippen molar-refractivity contribution in [3.05, 3.63) is 0 Å². The highest BCUT2D eigenvalue weighted by atomic mass is 32.2. The Bertz CT molecular complexity index is 161. The lowest BCUT2D eigenvalue weighted by Gasteiger charge is -1.98. The maximum Gasteiger partial charge on any atom is 0.322 e. The van der Waals surface area contributed by atoms with Gasteiger partial charge in [-0.2, -0.15) is 0 Å². The van der Waals surface area contributed by atoms with Crippen molar-refractivity contribution in [2.24, 2.45) is 5.73 Å². The maximum atomic E-state index is 10.9. The van der Waals surface area contributed by atoms with Crippen LogP contribution in [0.3, 0.4) is 0 Å². The van der Waals surface area contributed by atoms with Crippen molar-refractivity contribution in [1.29, 1.82) is 0 Å². The Hall–Kier alpha value is -0.710. The van der Waals surface area contributed by atoms with E-state index in [1.807, 2.05) is 0 Å². The Labute approximate surface area is 76.4 Å². The van der Waals surface area contributed by atoms with Crippen molar-refractivity contribution in [2.45, 2.75) is 32.6 Å². The monoisotopic (exact) mass is 190 g/mol. The van der Waals surface area contributed by atoms with E-state index in [-0.39, 0.29) is 5.12 Å². The largest absolute Gasteiger partial charge is 0.351 e. The first kappa shape index (κ1) is 11.3. The van der Waals surface area contributed by atoms with Crippen molar-refractivity contribution in [2.75, 3.05) is 0 Å². The van der Waals surface area contributed by atoms with E-state index in [9.17, 15) is 9.59 Å². The zero-order valence-corrected chi connectivity index (χ0v) is 7.95. The van der Waals surface area contributed by atoms with Crippen LogP contribution in [0.25, 0.3) is 0 Å². The smallest absolute Gasteiger partial charge is 0.322 e. The van der Waals surface area contributed by atoms with Crippen molar-refractivity contribution in [3.8, 4) is 0 Å². The lowest BCUT2D eigenvalue weighted by molar-refractivity contribution is -0.111. The van der Waals surface area contributed by atoms with E-state index in [2.05, 4.69) is 11.6 Å². The van der Waals surface area contributed by atoms with Crippen molar-refractivity contribution < 1.29 is 9.59 Å². The summed E-state index contributed by atoms with van der Waals surface area (Å²) in [5.41, 5.74) is 4.77. The van der Waals surface area contributed by atoms with Gasteiger partial charge >= 0.3 is 6.03 Å². The van der Waals surface area contributed by atoms with Crippen LogP contribution in [0.5, 0.6) is 0 Å². The second-order valence-electron chi connectivity index (χ2n) is 2.40. The van der Waals surface area contributed by atoms with E-state index >= 15 is 0 Å². The molecular formula is C7H14N2O2S. The van der Waals surface area contributed by atoms with Gasteiger partial charge in [0.1, 0.15) is 0 Å². The second-order valence-corrected chi connectivity index (χ2v) is 3.26. The zero-order chi connectivity index (χ0) is 9.40. The normalized spacial score (nSPS) is 9.42. The number of nitrogens with one attached hydrogen (secondary N) is 1. The highest BCUT2D eigenvalue weighted by molar-refractivity contribution is 8.12. The molecule has 0 fully saturated rings. The molecule has 0 heterocycles. The molecule has 0 aromatic rings. The molecular weight excluding hydrogens is 176 g/mol. The van der Waals surface area contributed by atoms with E-state index in [4.69, 9.17) is 5.73 Å². The van der Waals surface area contributed by atoms with Gasteiger partial charge in [0, 0.05) is 18.4 Å². The molecule has 12 heavy (non-hydrogen) atoms. The molecule has 4 nitrogen and oxygen atoms in total. The van der Waals surface area contributed by atoms with E-state index in [1.165, 1.54) is 0 Å². The summed E-state index contributed by atoms with van der Waals surface area (Å²) in [5, 5.41) is -0.0396. The zero-order valence-electron chi connectivity index (χ0n) is 7.13. The van der Waals surface area contributed by atoms with Crippen LogP contribution in [0.15, 0.2) is 0 Å². The summed E-state index contributed by atoms with van der Waals surface area (Å²) < 4.78 is 2.18. The Morgan fingerprint density at radius 2 is 2.08 bits per heavy atom. The summed E-state index contributed by atoms with van der Waals surface area (Å²) in [5.74, 6) is 0. The molecule has 70 valence electrons. The van der Waals surface area contributed by atoms with Crippen molar-refractivity contribution in [3.63, 3.8) is 0 Å². The molecule has 2 amide bonds. The maximum absolute atomic E-state index is 10.9. The van der Waals surface area contributed by atoms with Gasteiger partial charge < -0.3 is 5.73 Å². The van der Waals surface area contributed by atoms with E-state index in [1.54, 1.807) is 0 Å². The van der Waals surface area contributed by atoms with Gasteiger partial charge in [-0.15, -0.1) is 0 Å². The number of unbranched alkanes of at least 4 members (excludes halogenated alkanes) is 2. The average molecular weight is 190 g/mol. The summed E-state index contributed by atoms with van der Waals surface area (Å²) in [7, 11) is 0. The number of hydrogen-bond donors (Lipinski definition) is 2. The minimum Gasteiger partial charge on any atom is -0.351 e. The average Bonchev–Trinajstić information content (AvgIpc) is 2.01. The molecule has 0 spiro atoms.